The number of amides is 2. The summed E-state index contributed by atoms with van der Waals surface area (Å²) in [6, 6.07) is 15.9. The number of methoxy groups -OCH3 is 1. The van der Waals surface area contributed by atoms with Crippen molar-refractivity contribution in [3.63, 3.8) is 0 Å². The lowest BCUT2D eigenvalue weighted by Crippen LogP contribution is -2.58. The molecule has 1 aliphatic heterocycles. The summed E-state index contributed by atoms with van der Waals surface area (Å²) in [6.45, 7) is 9.88. The van der Waals surface area contributed by atoms with Crippen molar-refractivity contribution in [2.75, 3.05) is 39.8 Å². The molecule has 1 aliphatic carbocycles. The number of carbonyl (C=O) groups is 2. The minimum atomic E-state index is -0.122. The molecule has 0 aromatic heterocycles. The molecule has 0 spiro atoms. The van der Waals surface area contributed by atoms with Crippen LogP contribution in [0.15, 0.2) is 48.5 Å². The second-order valence-corrected chi connectivity index (χ2v) is 11.5. The van der Waals surface area contributed by atoms with Gasteiger partial charge in [0.1, 0.15) is 5.75 Å². The molecule has 1 saturated carbocycles. The van der Waals surface area contributed by atoms with Crippen molar-refractivity contribution < 1.29 is 14.3 Å². The molecule has 37 heavy (non-hydrogen) atoms. The molecule has 6 nitrogen and oxygen atoms in total. The van der Waals surface area contributed by atoms with E-state index in [4.69, 9.17) is 4.74 Å². The van der Waals surface area contributed by atoms with Crippen molar-refractivity contribution in [1.29, 1.82) is 0 Å². The van der Waals surface area contributed by atoms with Crippen molar-refractivity contribution in [1.82, 2.24) is 15.1 Å². The Morgan fingerprint density at radius 3 is 2.24 bits per heavy atom. The lowest BCUT2D eigenvalue weighted by atomic mass is 9.86. The first kappa shape index (κ1) is 27.2. The Hall–Kier alpha value is -2.86. The van der Waals surface area contributed by atoms with Gasteiger partial charge in [-0.25, -0.2) is 0 Å². The van der Waals surface area contributed by atoms with E-state index in [0.29, 0.717) is 25.6 Å². The van der Waals surface area contributed by atoms with E-state index in [1.807, 2.05) is 41.3 Å². The highest BCUT2D eigenvalue weighted by Crippen LogP contribution is 2.31. The van der Waals surface area contributed by atoms with Gasteiger partial charge in [0.15, 0.2) is 0 Å². The fraction of sp³-hybridized carbons (Fsp3) is 0.548. The van der Waals surface area contributed by atoms with Crippen molar-refractivity contribution in [2.24, 2.45) is 5.92 Å². The number of rotatable bonds is 8. The summed E-state index contributed by atoms with van der Waals surface area (Å²) in [4.78, 5) is 30.9. The van der Waals surface area contributed by atoms with Crippen LogP contribution in [-0.2, 0) is 16.6 Å². The standard InChI is InChI=1S/C31H43N3O3/c1-31(2,3)26-15-13-25(14-16-26)30(36)34-21-19-33(20-22-34)28(24-10-5-6-11-24)29(35)32-18-17-23-9-7-8-12-27(23)37-4/h7-9,12-16,24,28H,5-6,10-11,17-22H2,1-4H3,(H,32,35)/t28-/m1/s1. The quantitative estimate of drug-likeness (QED) is 0.567. The molecule has 6 heteroatoms. The Balaban J connectivity index is 1.35. The second kappa shape index (κ2) is 12.1. The molecule has 2 fully saturated rings. The predicted octanol–water partition coefficient (Wildman–Crippen LogP) is 4.67. The van der Waals surface area contributed by atoms with Crippen molar-refractivity contribution >= 4 is 11.8 Å². The molecule has 1 saturated heterocycles. The van der Waals surface area contributed by atoms with Crippen LogP contribution >= 0.6 is 0 Å². The molecule has 1 heterocycles. The highest BCUT2D eigenvalue weighted by molar-refractivity contribution is 5.94. The Morgan fingerprint density at radius 2 is 1.62 bits per heavy atom. The van der Waals surface area contributed by atoms with Gasteiger partial charge in [-0.3, -0.25) is 14.5 Å². The molecule has 2 amide bonds. The summed E-state index contributed by atoms with van der Waals surface area (Å²) in [5.74, 6) is 1.45. The van der Waals surface area contributed by atoms with E-state index >= 15 is 0 Å². The Kier molecular flexibility index (Phi) is 8.91. The van der Waals surface area contributed by atoms with Crippen LogP contribution in [0.25, 0.3) is 0 Å². The average Bonchev–Trinajstić information content (AvgIpc) is 3.43. The number of hydrogen-bond acceptors (Lipinski definition) is 4. The number of nitrogens with one attached hydrogen (secondary N) is 1. The molecule has 0 radical (unpaired) electrons. The van der Waals surface area contributed by atoms with Crippen LogP contribution in [0.2, 0.25) is 0 Å². The van der Waals surface area contributed by atoms with Crippen LogP contribution in [0.1, 0.15) is 67.9 Å². The Labute approximate surface area is 222 Å². The summed E-state index contributed by atoms with van der Waals surface area (Å²) in [7, 11) is 1.68. The Morgan fingerprint density at radius 1 is 0.973 bits per heavy atom. The largest absolute Gasteiger partial charge is 0.496 e. The number of piperazine rings is 1. The highest BCUT2D eigenvalue weighted by Gasteiger charge is 2.37. The van der Waals surface area contributed by atoms with Crippen LogP contribution in [-0.4, -0.2) is 67.5 Å². The van der Waals surface area contributed by atoms with Crippen LogP contribution in [0, 0.1) is 5.92 Å². The Bertz CT molecular complexity index is 1050. The molecule has 0 unspecified atom stereocenters. The molecular formula is C31H43N3O3. The molecular weight excluding hydrogens is 462 g/mol. The van der Waals surface area contributed by atoms with Crippen LogP contribution in [0.3, 0.4) is 0 Å². The first-order valence-electron chi connectivity index (χ1n) is 13.8. The maximum Gasteiger partial charge on any atom is 0.253 e. The topological polar surface area (TPSA) is 61.9 Å². The van der Waals surface area contributed by atoms with Crippen LogP contribution < -0.4 is 10.1 Å². The second-order valence-electron chi connectivity index (χ2n) is 11.5. The summed E-state index contributed by atoms with van der Waals surface area (Å²) in [5, 5.41) is 3.22. The molecule has 1 atom stereocenters. The SMILES string of the molecule is COc1ccccc1CCNC(=O)[C@@H](C1CCCC1)N1CCN(C(=O)c2ccc(C(C)(C)C)cc2)CC1. The van der Waals surface area contributed by atoms with Crippen LogP contribution in [0.5, 0.6) is 5.75 Å². The lowest BCUT2D eigenvalue weighted by Gasteiger charge is -2.40. The van der Waals surface area contributed by atoms with Gasteiger partial charge < -0.3 is 15.0 Å². The predicted molar refractivity (Wildman–Crippen MR) is 148 cm³/mol. The molecule has 2 aliphatic rings. The molecule has 200 valence electrons. The zero-order valence-corrected chi connectivity index (χ0v) is 23.0. The smallest absolute Gasteiger partial charge is 0.253 e. The molecule has 0 bridgehead atoms. The summed E-state index contributed by atoms with van der Waals surface area (Å²) < 4.78 is 5.46. The average molecular weight is 506 g/mol. The van der Waals surface area contributed by atoms with Gasteiger partial charge in [-0.15, -0.1) is 0 Å². The third kappa shape index (κ3) is 6.72. The molecule has 2 aromatic carbocycles. The van der Waals surface area contributed by atoms with Gasteiger partial charge in [0.2, 0.25) is 5.91 Å². The highest BCUT2D eigenvalue weighted by atomic mass is 16.5. The van der Waals surface area contributed by atoms with Gasteiger partial charge in [-0.2, -0.15) is 0 Å². The van der Waals surface area contributed by atoms with Crippen molar-refractivity contribution in [3.8, 4) is 5.75 Å². The van der Waals surface area contributed by atoms with Gasteiger partial charge in [0.05, 0.1) is 13.2 Å². The monoisotopic (exact) mass is 505 g/mol. The zero-order valence-electron chi connectivity index (χ0n) is 23.0. The van der Waals surface area contributed by atoms with Crippen molar-refractivity contribution in [3.05, 3.63) is 65.2 Å². The van der Waals surface area contributed by atoms with Gasteiger partial charge in [0.25, 0.3) is 5.91 Å². The molecule has 4 rings (SSSR count). The number of hydrogen-bond donors (Lipinski definition) is 1. The summed E-state index contributed by atoms with van der Waals surface area (Å²) >= 11 is 0. The molecule has 1 N–H and O–H groups in total. The van der Waals surface area contributed by atoms with E-state index in [1.165, 1.54) is 18.4 Å². The maximum atomic E-state index is 13.5. The van der Waals surface area contributed by atoms with Gasteiger partial charge >= 0.3 is 0 Å². The maximum absolute atomic E-state index is 13.5. The normalized spacial score (nSPS) is 18.0. The van der Waals surface area contributed by atoms with E-state index in [1.54, 1.807) is 7.11 Å². The fourth-order valence-electron chi connectivity index (χ4n) is 5.78. The van der Waals surface area contributed by atoms with E-state index < -0.39 is 0 Å². The van der Waals surface area contributed by atoms with Crippen LogP contribution in [0.4, 0.5) is 0 Å². The number of carbonyl (C=O) groups excluding carboxylic acids is 2. The summed E-state index contributed by atoms with van der Waals surface area (Å²) in [6.07, 6.45) is 5.33. The van der Waals surface area contributed by atoms with Crippen molar-refractivity contribution in [2.45, 2.75) is 64.3 Å². The first-order valence-corrected chi connectivity index (χ1v) is 13.8. The minimum Gasteiger partial charge on any atom is -0.496 e. The summed E-state index contributed by atoms with van der Waals surface area (Å²) in [5.41, 5.74) is 3.13. The van der Waals surface area contributed by atoms with Gasteiger partial charge in [-0.1, -0.05) is 63.9 Å². The number of nitrogens with zero attached hydrogens (tertiary/aromatic N) is 2. The van der Waals surface area contributed by atoms with E-state index in [0.717, 1.165) is 49.2 Å². The molecule has 2 aromatic rings. The fourth-order valence-corrected chi connectivity index (χ4v) is 5.78. The third-order valence-electron chi connectivity index (χ3n) is 7.99. The van der Waals surface area contributed by atoms with E-state index in [9.17, 15) is 9.59 Å². The third-order valence-corrected chi connectivity index (χ3v) is 7.99. The number of para-hydroxylation sites is 1. The zero-order chi connectivity index (χ0) is 26.4. The minimum absolute atomic E-state index is 0.0657. The van der Waals surface area contributed by atoms with Gasteiger partial charge in [-0.05, 0) is 59.9 Å². The van der Waals surface area contributed by atoms with E-state index in [2.05, 4.69) is 43.1 Å². The number of ether oxygens (including phenoxy) is 1. The lowest BCUT2D eigenvalue weighted by molar-refractivity contribution is -0.129. The van der Waals surface area contributed by atoms with E-state index in [-0.39, 0.29) is 23.3 Å². The van der Waals surface area contributed by atoms with Gasteiger partial charge in [0, 0.05) is 38.3 Å². The first-order chi connectivity index (χ1) is 17.8. The number of benzene rings is 2.